The number of hydrogen-bond donors (Lipinski definition) is 0. The first-order valence-electron chi connectivity index (χ1n) is 7.30. The molecular formula is C15H22. The molecule has 0 N–H and O–H groups in total. The SMILES string of the molecule is CCC1C2CC(C)C34C5CC(CC5C13)C24. The third kappa shape index (κ3) is 0.524. The lowest BCUT2D eigenvalue weighted by molar-refractivity contribution is -0.162. The number of rotatable bonds is 1. The molecule has 0 aromatic carbocycles. The van der Waals surface area contributed by atoms with Crippen LogP contribution in [0.1, 0.15) is 39.5 Å². The molecule has 5 aliphatic rings. The van der Waals surface area contributed by atoms with Crippen LogP contribution in [0.4, 0.5) is 0 Å². The maximum atomic E-state index is 2.60. The Morgan fingerprint density at radius 1 is 1.07 bits per heavy atom. The van der Waals surface area contributed by atoms with Gasteiger partial charge in [-0.15, -0.1) is 0 Å². The van der Waals surface area contributed by atoms with Gasteiger partial charge in [-0.05, 0) is 72.0 Å². The molecule has 0 heteroatoms. The van der Waals surface area contributed by atoms with E-state index in [0.717, 1.165) is 17.3 Å². The Kier molecular flexibility index (Phi) is 1.11. The lowest BCUT2D eigenvalue weighted by Gasteiger charge is -2.63. The fourth-order valence-electron chi connectivity index (χ4n) is 8.21. The van der Waals surface area contributed by atoms with Gasteiger partial charge in [-0.1, -0.05) is 20.3 Å². The average molecular weight is 202 g/mol. The van der Waals surface area contributed by atoms with Crippen molar-refractivity contribution in [3.63, 3.8) is 0 Å². The van der Waals surface area contributed by atoms with E-state index in [0.29, 0.717) is 0 Å². The van der Waals surface area contributed by atoms with Crippen LogP contribution in [0.3, 0.4) is 0 Å². The fraction of sp³-hybridized carbons (Fsp3) is 1.00. The minimum atomic E-state index is 0.929. The van der Waals surface area contributed by atoms with Crippen molar-refractivity contribution in [1.82, 2.24) is 0 Å². The minimum Gasteiger partial charge on any atom is -0.0651 e. The summed E-state index contributed by atoms with van der Waals surface area (Å²) in [5, 5.41) is 0. The zero-order valence-corrected chi connectivity index (χ0v) is 9.95. The molecule has 4 bridgehead atoms. The molecule has 0 radical (unpaired) electrons. The van der Waals surface area contributed by atoms with Crippen molar-refractivity contribution in [2.24, 2.45) is 52.8 Å². The van der Waals surface area contributed by atoms with E-state index in [4.69, 9.17) is 0 Å². The first-order valence-corrected chi connectivity index (χ1v) is 7.30. The van der Waals surface area contributed by atoms with Gasteiger partial charge in [0.2, 0.25) is 0 Å². The highest BCUT2D eigenvalue weighted by Gasteiger charge is 2.84. The van der Waals surface area contributed by atoms with Gasteiger partial charge in [0.15, 0.2) is 0 Å². The first-order chi connectivity index (χ1) is 7.30. The molecule has 82 valence electrons. The molecule has 1 spiro atoms. The summed E-state index contributed by atoms with van der Waals surface area (Å²) in [5.74, 6) is 9.50. The van der Waals surface area contributed by atoms with E-state index >= 15 is 0 Å². The summed E-state index contributed by atoms with van der Waals surface area (Å²) in [6, 6.07) is 0. The third-order valence-corrected chi connectivity index (χ3v) is 7.84. The Hall–Kier alpha value is 0. The largest absolute Gasteiger partial charge is 0.0651 e. The fourth-order valence-corrected chi connectivity index (χ4v) is 8.21. The molecule has 0 aliphatic heterocycles. The Morgan fingerprint density at radius 2 is 1.93 bits per heavy atom. The summed E-state index contributed by atoms with van der Waals surface area (Å²) < 4.78 is 0. The van der Waals surface area contributed by atoms with Gasteiger partial charge >= 0.3 is 0 Å². The summed E-state index contributed by atoms with van der Waals surface area (Å²) in [5.41, 5.74) is 0.929. The van der Waals surface area contributed by atoms with Crippen LogP contribution in [0.2, 0.25) is 0 Å². The number of hydrogen-bond acceptors (Lipinski definition) is 0. The second kappa shape index (κ2) is 2.05. The summed E-state index contributed by atoms with van der Waals surface area (Å²) in [6.45, 7) is 5.07. The van der Waals surface area contributed by atoms with Crippen LogP contribution in [0.15, 0.2) is 0 Å². The normalized spacial score (nSPS) is 76.4. The second-order valence-corrected chi connectivity index (χ2v) is 7.43. The summed E-state index contributed by atoms with van der Waals surface area (Å²) >= 11 is 0. The highest BCUT2D eigenvalue weighted by molar-refractivity contribution is 5.32. The molecule has 0 aromatic rings. The van der Waals surface area contributed by atoms with Crippen molar-refractivity contribution in [1.29, 1.82) is 0 Å². The average Bonchev–Trinajstić information content (AvgIpc) is 2.84. The van der Waals surface area contributed by atoms with Crippen molar-refractivity contribution >= 4 is 0 Å². The van der Waals surface area contributed by atoms with Gasteiger partial charge in [0.25, 0.3) is 0 Å². The zero-order valence-electron chi connectivity index (χ0n) is 9.95. The summed E-state index contributed by atoms with van der Waals surface area (Å²) in [6.07, 6.45) is 6.42. The van der Waals surface area contributed by atoms with Crippen LogP contribution in [-0.2, 0) is 0 Å². The van der Waals surface area contributed by atoms with Crippen molar-refractivity contribution < 1.29 is 0 Å². The smallest absolute Gasteiger partial charge is 0.0173 e. The quantitative estimate of drug-likeness (QED) is 0.610. The van der Waals surface area contributed by atoms with Crippen molar-refractivity contribution in [3.05, 3.63) is 0 Å². The van der Waals surface area contributed by atoms with Crippen molar-refractivity contribution in [3.8, 4) is 0 Å². The molecule has 5 aliphatic carbocycles. The minimum absolute atomic E-state index is 0.929. The molecule has 0 nitrogen and oxygen atoms in total. The Balaban J connectivity index is 1.74. The van der Waals surface area contributed by atoms with E-state index in [1.807, 2.05) is 0 Å². The monoisotopic (exact) mass is 202 g/mol. The van der Waals surface area contributed by atoms with Crippen LogP contribution in [-0.4, -0.2) is 0 Å². The van der Waals surface area contributed by atoms with E-state index in [1.54, 1.807) is 19.3 Å². The topological polar surface area (TPSA) is 0 Å². The Labute approximate surface area is 92.8 Å². The van der Waals surface area contributed by atoms with Crippen LogP contribution < -0.4 is 0 Å². The highest BCUT2D eigenvalue weighted by Crippen LogP contribution is 2.89. The standard InChI is InChI=1S/C15H22/c1-3-9-10-4-7(2)15-12-6-8(13(10)15)5-11(12)14(9)15/h7-14H,3-6H2,1-2H3. The van der Waals surface area contributed by atoms with E-state index in [2.05, 4.69) is 13.8 Å². The third-order valence-electron chi connectivity index (χ3n) is 7.84. The van der Waals surface area contributed by atoms with Crippen LogP contribution >= 0.6 is 0 Å². The molecule has 15 heavy (non-hydrogen) atoms. The molecule has 0 aromatic heterocycles. The van der Waals surface area contributed by atoms with Gasteiger partial charge in [0, 0.05) is 0 Å². The zero-order chi connectivity index (χ0) is 9.95. The van der Waals surface area contributed by atoms with Crippen molar-refractivity contribution in [2.75, 3.05) is 0 Å². The van der Waals surface area contributed by atoms with Crippen LogP contribution in [0.5, 0.6) is 0 Å². The van der Waals surface area contributed by atoms with Gasteiger partial charge in [0.1, 0.15) is 0 Å². The van der Waals surface area contributed by atoms with Gasteiger partial charge in [0.05, 0.1) is 0 Å². The van der Waals surface area contributed by atoms with Gasteiger partial charge in [-0.3, -0.25) is 0 Å². The van der Waals surface area contributed by atoms with Gasteiger partial charge in [-0.2, -0.15) is 0 Å². The first kappa shape index (κ1) is 8.14. The van der Waals surface area contributed by atoms with E-state index in [1.165, 1.54) is 41.9 Å². The molecular weight excluding hydrogens is 180 g/mol. The van der Waals surface area contributed by atoms with Gasteiger partial charge < -0.3 is 0 Å². The lowest BCUT2D eigenvalue weighted by Crippen LogP contribution is -2.59. The molecule has 0 heterocycles. The molecule has 9 atom stereocenters. The molecule has 0 saturated heterocycles. The Morgan fingerprint density at radius 3 is 2.67 bits per heavy atom. The van der Waals surface area contributed by atoms with Gasteiger partial charge in [-0.25, -0.2) is 0 Å². The predicted octanol–water partition coefficient (Wildman–Crippen LogP) is 3.57. The molecule has 5 saturated carbocycles. The molecule has 5 rings (SSSR count). The Bertz CT molecular complexity index is 346. The van der Waals surface area contributed by atoms with E-state index in [-0.39, 0.29) is 0 Å². The summed E-state index contributed by atoms with van der Waals surface area (Å²) in [4.78, 5) is 0. The second-order valence-electron chi connectivity index (χ2n) is 7.43. The molecule has 0 amide bonds. The molecule has 5 fully saturated rings. The number of fused-ring (bicyclic) bond motifs is 2. The van der Waals surface area contributed by atoms with Crippen molar-refractivity contribution in [2.45, 2.75) is 39.5 Å². The van der Waals surface area contributed by atoms with E-state index in [9.17, 15) is 0 Å². The predicted molar refractivity (Wildman–Crippen MR) is 60.2 cm³/mol. The summed E-state index contributed by atoms with van der Waals surface area (Å²) in [7, 11) is 0. The van der Waals surface area contributed by atoms with E-state index < -0.39 is 0 Å². The maximum absolute atomic E-state index is 2.60. The van der Waals surface area contributed by atoms with Crippen LogP contribution in [0.25, 0.3) is 0 Å². The highest BCUT2D eigenvalue weighted by atomic mass is 14.9. The maximum Gasteiger partial charge on any atom is -0.0173 e. The lowest BCUT2D eigenvalue weighted by atomic mass is 9.41. The molecule has 9 unspecified atom stereocenters. The van der Waals surface area contributed by atoms with Crippen LogP contribution in [0, 0.1) is 52.8 Å².